The van der Waals surface area contributed by atoms with Crippen molar-refractivity contribution in [2.24, 2.45) is 0 Å². The van der Waals surface area contributed by atoms with Crippen LogP contribution >= 0.6 is 0 Å². The highest BCUT2D eigenvalue weighted by molar-refractivity contribution is 5.77. The monoisotopic (exact) mass is 377 g/mol. The van der Waals surface area contributed by atoms with E-state index in [1.165, 1.54) is 24.3 Å². The van der Waals surface area contributed by atoms with Gasteiger partial charge in [0.2, 0.25) is 0 Å². The summed E-state index contributed by atoms with van der Waals surface area (Å²) < 4.78 is 71.1. The summed E-state index contributed by atoms with van der Waals surface area (Å²) in [5.41, 5.74) is -0.0691. The molecule has 3 rings (SSSR count). The van der Waals surface area contributed by atoms with E-state index < -0.39 is 40.3 Å². The highest BCUT2D eigenvalue weighted by Crippen LogP contribution is 2.39. The first kappa shape index (κ1) is 18.9. The van der Waals surface area contributed by atoms with Crippen LogP contribution in [0.25, 0.3) is 0 Å². The summed E-state index contributed by atoms with van der Waals surface area (Å²) in [4.78, 5) is 1.08. The van der Waals surface area contributed by atoms with Gasteiger partial charge in [-0.05, 0) is 56.2 Å². The van der Waals surface area contributed by atoms with Crippen LogP contribution in [0.1, 0.15) is 16.7 Å². The third-order valence-electron chi connectivity index (χ3n) is 4.44. The quantitative estimate of drug-likeness (QED) is 0.359. The van der Waals surface area contributed by atoms with Crippen LogP contribution in [0, 0.1) is 49.9 Å². The van der Waals surface area contributed by atoms with Gasteiger partial charge in [-0.15, -0.1) is 0 Å². The summed E-state index contributed by atoms with van der Waals surface area (Å²) in [7, 11) is 0. The minimum atomic E-state index is -1.35. The molecule has 0 aliphatic heterocycles. The minimum absolute atomic E-state index is 0.0999. The Hall–Kier alpha value is -2.89. The second-order valence-corrected chi connectivity index (χ2v) is 6.33. The van der Waals surface area contributed by atoms with E-state index in [-0.39, 0.29) is 11.4 Å². The van der Waals surface area contributed by atoms with E-state index in [0.717, 1.165) is 30.0 Å². The summed E-state index contributed by atoms with van der Waals surface area (Å²) in [5, 5.41) is 0. The van der Waals surface area contributed by atoms with E-state index in [1.807, 2.05) is 0 Å². The molecule has 1 nitrogen and oxygen atoms in total. The molecular formula is C21H16F5N. The zero-order chi connectivity index (χ0) is 19.9. The van der Waals surface area contributed by atoms with Gasteiger partial charge in [0.25, 0.3) is 0 Å². The lowest BCUT2D eigenvalue weighted by Crippen LogP contribution is -2.14. The fourth-order valence-corrected chi connectivity index (χ4v) is 2.71. The standard InChI is InChI=1S/C21H16F5N/c1-11-4-6-14(8-16(11)22)27(15-7-5-12(2)17(23)9-15)19-10-18(24)13(3)20(25)21(19)26/h4-10H,1-3H3. The van der Waals surface area contributed by atoms with Crippen molar-refractivity contribution in [3.63, 3.8) is 0 Å². The van der Waals surface area contributed by atoms with Crippen molar-refractivity contribution < 1.29 is 22.0 Å². The Morgan fingerprint density at radius 3 is 1.52 bits per heavy atom. The Kier molecular flexibility index (Phi) is 4.91. The van der Waals surface area contributed by atoms with Crippen molar-refractivity contribution in [2.75, 3.05) is 4.90 Å². The summed E-state index contributed by atoms with van der Waals surface area (Å²) >= 11 is 0. The first-order chi connectivity index (χ1) is 12.7. The van der Waals surface area contributed by atoms with Gasteiger partial charge in [-0.1, -0.05) is 12.1 Å². The molecule has 0 N–H and O–H groups in total. The van der Waals surface area contributed by atoms with Crippen LogP contribution in [0.3, 0.4) is 0 Å². The lowest BCUT2D eigenvalue weighted by molar-refractivity contribution is 0.487. The number of rotatable bonds is 3. The average molecular weight is 377 g/mol. The van der Waals surface area contributed by atoms with Gasteiger partial charge in [-0.25, -0.2) is 22.0 Å². The SMILES string of the molecule is Cc1ccc(N(c2ccc(C)c(F)c2)c2cc(F)c(C)c(F)c2F)cc1F. The van der Waals surface area contributed by atoms with Crippen molar-refractivity contribution in [2.45, 2.75) is 20.8 Å². The molecule has 0 aliphatic carbocycles. The zero-order valence-corrected chi connectivity index (χ0v) is 14.9. The van der Waals surface area contributed by atoms with E-state index in [9.17, 15) is 22.0 Å². The van der Waals surface area contributed by atoms with Crippen LogP contribution in [-0.4, -0.2) is 0 Å². The highest BCUT2D eigenvalue weighted by Gasteiger charge is 2.23. The predicted octanol–water partition coefficient (Wildman–Crippen LogP) is 6.78. The molecular weight excluding hydrogens is 361 g/mol. The predicted molar refractivity (Wildman–Crippen MR) is 95.1 cm³/mol. The summed E-state index contributed by atoms with van der Waals surface area (Å²) in [6, 6.07) is 8.83. The molecule has 0 amide bonds. The molecule has 0 saturated heterocycles. The van der Waals surface area contributed by atoms with E-state index in [1.54, 1.807) is 13.8 Å². The number of halogens is 5. The van der Waals surface area contributed by atoms with Crippen LogP contribution in [0.2, 0.25) is 0 Å². The lowest BCUT2D eigenvalue weighted by atomic mass is 10.1. The Morgan fingerprint density at radius 1 is 0.593 bits per heavy atom. The second kappa shape index (κ2) is 7.02. The van der Waals surface area contributed by atoms with Gasteiger partial charge in [0, 0.05) is 23.0 Å². The average Bonchev–Trinajstić information content (AvgIpc) is 2.63. The van der Waals surface area contributed by atoms with Gasteiger partial charge in [-0.3, -0.25) is 0 Å². The van der Waals surface area contributed by atoms with Crippen LogP contribution in [0.15, 0.2) is 42.5 Å². The Morgan fingerprint density at radius 2 is 1.07 bits per heavy atom. The Balaban J connectivity index is 2.31. The normalized spacial score (nSPS) is 11.0. The molecule has 27 heavy (non-hydrogen) atoms. The number of hydrogen-bond acceptors (Lipinski definition) is 1. The molecule has 140 valence electrons. The van der Waals surface area contributed by atoms with Crippen LogP contribution in [0.4, 0.5) is 39.0 Å². The molecule has 0 aromatic heterocycles. The Labute approximate surface area is 153 Å². The molecule has 0 spiro atoms. The number of aryl methyl sites for hydroxylation is 2. The second-order valence-electron chi connectivity index (χ2n) is 6.33. The maximum atomic E-state index is 14.7. The fraction of sp³-hybridized carbons (Fsp3) is 0.143. The topological polar surface area (TPSA) is 3.24 Å². The lowest BCUT2D eigenvalue weighted by Gasteiger charge is -2.27. The number of nitrogens with zero attached hydrogens (tertiary/aromatic N) is 1. The highest BCUT2D eigenvalue weighted by atomic mass is 19.2. The summed E-state index contributed by atoms with van der Waals surface area (Å²) in [6.07, 6.45) is 0. The largest absolute Gasteiger partial charge is 0.307 e. The molecule has 0 radical (unpaired) electrons. The smallest absolute Gasteiger partial charge is 0.183 e. The van der Waals surface area contributed by atoms with Crippen molar-refractivity contribution in [1.82, 2.24) is 0 Å². The zero-order valence-electron chi connectivity index (χ0n) is 14.9. The van der Waals surface area contributed by atoms with Crippen molar-refractivity contribution in [3.8, 4) is 0 Å². The van der Waals surface area contributed by atoms with Gasteiger partial charge < -0.3 is 4.90 Å². The number of hydrogen-bond donors (Lipinski definition) is 0. The molecule has 0 heterocycles. The third-order valence-corrected chi connectivity index (χ3v) is 4.44. The molecule has 3 aromatic rings. The Bertz CT molecular complexity index is 978. The van der Waals surface area contributed by atoms with Crippen molar-refractivity contribution >= 4 is 17.1 Å². The molecule has 6 heteroatoms. The van der Waals surface area contributed by atoms with Gasteiger partial charge in [0.15, 0.2) is 11.6 Å². The van der Waals surface area contributed by atoms with Gasteiger partial charge >= 0.3 is 0 Å². The van der Waals surface area contributed by atoms with Gasteiger partial charge in [0.05, 0.1) is 5.69 Å². The van der Waals surface area contributed by atoms with Crippen LogP contribution < -0.4 is 4.90 Å². The maximum Gasteiger partial charge on any atom is 0.183 e. The van der Waals surface area contributed by atoms with Crippen molar-refractivity contribution in [3.05, 3.63) is 88.2 Å². The number of benzene rings is 3. The molecule has 0 unspecified atom stereocenters. The summed E-state index contributed by atoms with van der Waals surface area (Å²) in [6.45, 7) is 4.19. The van der Waals surface area contributed by atoms with Crippen LogP contribution in [0.5, 0.6) is 0 Å². The van der Waals surface area contributed by atoms with Crippen molar-refractivity contribution in [1.29, 1.82) is 0 Å². The maximum absolute atomic E-state index is 14.7. The molecule has 0 aliphatic rings. The molecule has 3 aromatic carbocycles. The molecule has 0 atom stereocenters. The van der Waals surface area contributed by atoms with Gasteiger partial charge in [-0.2, -0.15) is 0 Å². The summed E-state index contributed by atoms with van der Waals surface area (Å²) in [5.74, 6) is -4.79. The van der Waals surface area contributed by atoms with E-state index in [4.69, 9.17) is 0 Å². The first-order valence-electron chi connectivity index (χ1n) is 8.17. The third kappa shape index (κ3) is 3.39. The molecule has 0 bridgehead atoms. The van der Waals surface area contributed by atoms with Gasteiger partial charge in [0.1, 0.15) is 17.5 Å². The molecule has 0 saturated carbocycles. The van der Waals surface area contributed by atoms with E-state index >= 15 is 0 Å². The van der Waals surface area contributed by atoms with Crippen LogP contribution in [-0.2, 0) is 0 Å². The number of anilines is 3. The van der Waals surface area contributed by atoms with E-state index in [2.05, 4.69) is 0 Å². The fourth-order valence-electron chi connectivity index (χ4n) is 2.71. The van der Waals surface area contributed by atoms with E-state index in [0.29, 0.717) is 11.1 Å². The minimum Gasteiger partial charge on any atom is -0.307 e. The molecule has 0 fully saturated rings. The first-order valence-corrected chi connectivity index (χ1v) is 8.17.